The van der Waals surface area contributed by atoms with Crippen LogP contribution in [0.5, 0.6) is 0 Å². The molecule has 0 aromatic heterocycles. The van der Waals surface area contributed by atoms with Crippen molar-refractivity contribution in [1.82, 2.24) is 4.90 Å². The van der Waals surface area contributed by atoms with Gasteiger partial charge in [0.25, 0.3) is 0 Å². The summed E-state index contributed by atoms with van der Waals surface area (Å²) < 4.78 is 25.8. The van der Waals surface area contributed by atoms with Crippen molar-refractivity contribution in [3.8, 4) is 0 Å². The van der Waals surface area contributed by atoms with E-state index in [1.807, 2.05) is 0 Å². The number of Topliss-reactive ketones (excluding diaryl/α,β-unsaturated/α-hetero) is 1. The Balaban J connectivity index is 2.96. The number of benzene rings is 1. The molecule has 1 rings (SSSR count). The smallest absolute Gasteiger partial charge is 0.179 e. The fourth-order valence-corrected chi connectivity index (χ4v) is 1.09. The van der Waals surface area contributed by atoms with Crippen LogP contribution in [-0.2, 0) is 0 Å². The zero-order valence-electron chi connectivity index (χ0n) is 8.05. The van der Waals surface area contributed by atoms with Crippen LogP contribution in [0.25, 0.3) is 0 Å². The van der Waals surface area contributed by atoms with E-state index in [-0.39, 0.29) is 12.1 Å². The number of hydrogen-bond donors (Lipinski definition) is 0. The zero-order valence-corrected chi connectivity index (χ0v) is 8.05. The number of carbonyl (C=O) groups excluding carboxylic acids is 1. The minimum atomic E-state index is -1.07. The number of halogens is 2. The van der Waals surface area contributed by atoms with E-state index in [1.54, 1.807) is 19.0 Å². The summed E-state index contributed by atoms with van der Waals surface area (Å²) in [4.78, 5) is 13.0. The molecule has 1 aromatic carbocycles. The van der Waals surface area contributed by atoms with Crippen LogP contribution in [0.4, 0.5) is 8.78 Å². The highest BCUT2D eigenvalue weighted by Gasteiger charge is 2.14. The Hall–Kier alpha value is -1.29. The van der Waals surface area contributed by atoms with Gasteiger partial charge in [0.05, 0.1) is 12.1 Å². The molecule has 0 bridgehead atoms. The van der Waals surface area contributed by atoms with Crippen molar-refractivity contribution in [2.24, 2.45) is 0 Å². The molecule has 0 radical (unpaired) electrons. The molecule has 0 aliphatic carbocycles. The highest BCUT2D eigenvalue weighted by atomic mass is 19.2. The number of ketones is 1. The summed E-state index contributed by atoms with van der Waals surface area (Å²) in [6, 6.07) is 3.59. The third kappa shape index (κ3) is 2.35. The lowest BCUT2D eigenvalue weighted by molar-refractivity contribution is 0.0953. The maximum atomic E-state index is 13.1. The monoisotopic (exact) mass is 199 g/mol. The van der Waals surface area contributed by atoms with E-state index in [9.17, 15) is 13.6 Å². The fourth-order valence-electron chi connectivity index (χ4n) is 1.09. The van der Waals surface area contributed by atoms with E-state index in [4.69, 9.17) is 0 Å². The lowest BCUT2D eigenvalue weighted by Crippen LogP contribution is -2.22. The molecule has 0 unspecified atom stereocenters. The molecule has 14 heavy (non-hydrogen) atoms. The van der Waals surface area contributed by atoms with E-state index in [0.29, 0.717) is 0 Å². The molecular formula is C10H11F2NO. The molecule has 0 saturated heterocycles. The Kier molecular flexibility index (Phi) is 3.30. The van der Waals surface area contributed by atoms with E-state index < -0.39 is 17.4 Å². The van der Waals surface area contributed by atoms with Gasteiger partial charge >= 0.3 is 0 Å². The Morgan fingerprint density at radius 3 is 2.57 bits per heavy atom. The van der Waals surface area contributed by atoms with Crippen molar-refractivity contribution in [1.29, 1.82) is 0 Å². The maximum Gasteiger partial charge on any atom is 0.179 e. The molecule has 0 saturated carbocycles. The Morgan fingerprint density at radius 1 is 1.36 bits per heavy atom. The van der Waals surface area contributed by atoms with Gasteiger partial charge in [-0.15, -0.1) is 0 Å². The molecule has 0 fully saturated rings. The molecule has 0 heterocycles. The molecule has 0 N–H and O–H groups in total. The van der Waals surface area contributed by atoms with Crippen molar-refractivity contribution in [3.63, 3.8) is 0 Å². The van der Waals surface area contributed by atoms with Gasteiger partial charge in [0.2, 0.25) is 0 Å². The highest BCUT2D eigenvalue weighted by Crippen LogP contribution is 2.11. The minimum Gasteiger partial charge on any atom is -0.302 e. The van der Waals surface area contributed by atoms with Crippen LogP contribution in [0, 0.1) is 11.6 Å². The third-order valence-corrected chi connectivity index (χ3v) is 1.71. The summed E-state index contributed by atoms with van der Waals surface area (Å²) in [5, 5.41) is 0. The molecule has 0 amide bonds. The lowest BCUT2D eigenvalue weighted by Gasteiger charge is -2.08. The average molecular weight is 199 g/mol. The normalized spacial score (nSPS) is 10.6. The molecular weight excluding hydrogens is 188 g/mol. The van der Waals surface area contributed by atoms with E-state index in [1.165, 1.54) is 12.1 Å². The average Bonchev–Trinajstić information content (AvgIpc) is 2.08. The topological polar surface area (TPSA) is 20.3 Å². The lowest BCUT2D eigenvalue weighted by atomic mass is 10.1. The highest BCUT2D eigenvalue weighted by molar-refractivity contribution is 5.97. The first-order valence-corrected chi connectivity index (χ1v) is 4.14. The van der Waals surface area contributed by atoms with E-state index >= 15 is 0 Å². The largest absolute Gasteiger partial charge is 0.302 e. The van der Waals surface area contributed by atoms with Crippen molar-refractivity contribution in [2.45, 2.75) is 0 Å². The van der Waals surface area contributed by atoms with Crippen LogP contribution in [0.1, 0.15) is 10.4 Å². The second-order valence-corrected chi connectivity index (χ2v) is 3.26. The van der Waals surface area contributed by atoms with Gasteiger partial charge in [-0.1, -0.05) is 6.07 Å². The van der Waals surface area contributed by atoms with Gasteiger partial charge in [-0.2, -0.15) is 0 Å². The maximum absolute atomic E-state index is 13.1. The van der Waals surface area contributed by atoms with E-state index in [0.717, 1.165) is 6.07 Å². The SMILES string of the molecule is CN(C)CC(=O)c1cccc(F)c1F. The quantitative estimate of drug-likeness (QED) is 0.691. The zero-order chi connectivity index (χ0) is 10.7. The molecule has 0 aliphatic heterocycles. The van der Waals surface area contributed by atoms with Gasteiger partial charge in [-0.3, -0.25) is 4.79 Å². The third-order valence-electron chi connectivity index (χ3n) is 1.71. The van der Waals surface area contributed by atoms with Gasteiger partial charge in [0, 0.05) is 0 Å². The van der Waals surface area contributed by atoms with Crippen molar-refractivity contribution >= 4 is 5.78 Å². The molecule has 4 heteroatoms. The van der Waals surface area contributed by atoms with Gasteiger partial charge in [0.1, 0.15) is 0 Å². The number of nitrogens with zero attached hydrogens (tertiary/aromatic N) is 1. The Morgan fingerprint density at radius 2 is 2.00 bits per heavy atom. The van der Waals surface area contributed by atoms with Crippen LogP contribution >= 0.6 is 0 Å². The number of likely N-dealkylation sites (N-methyl/N-ethyl adjacent to an activating group) is 1. The van der Waals surface area contributed by atoms with E-state index in [2.05, 4.69) is 0 Å². The summed E-state index contributed by atoms with van der Waals surface area (Å²) in [6.07, 6.45) is 0. The second kappa shape index (κ2) is 4.28. The standard InChI is InChI=1S/C10H11F2NO/c1-13(2)6-9(14)7-4-3-5-8(11)10(7)12/h3-5H,6H2,1-2H3. The van der Waals surface area contributed by atoms with Crippen LogP contribution in [0.3, 0.4) is 0 Å². The van der Waals surface area contributed by atoms with Crippen LogP contribution < -0.4 is 0 Å². The molecule has 2 nitrogen and oxygen atoms in total. The van der Waals surface area contributed by atoms with Crippen molar-refractivity contribution < 1.29 is 13.6 Å². The summed E-state index contributed by atoms with van der Waals surface area (Å²) >= 11 is 0. The fraction of sp³-hybridized carbons (Fsp3) is 0.300. The van der Waals surface area contributed by atoms with Gasteiger partial charge in [-0.05, 0) is 26.2 Å². The summed E-state index contributed by atoms with van der Waals surface area (Å²) in [5.41, 5.74) is -0.196. The minimum absolute atomic E-state index is 0.0698. The first-order chi connectivity index (χ1) is 6.52. The second-order valence-electron chi connectivity index (χ2n) is 3.26. The summed E-state index contributed by atoms with van der Waals surface area (Å²) in [5.74, 6) is -2.49. The van der Waals surface area contributed by atoms with Crippen LogP contribution in [0.15, 0.2) is 18.2 Å². The van der Waals surface area contributed by atoms with Gasteiger partial charge in [-0.25, -0.2) is 8.78 Å². The molecule has 76 valence electrons. The van der Waals surface area contributed by atoms with Gasteiger partial charge < -0.3 is 4.90 Å². The molecule has 0 spiro atoms. The first-order valence-electron chi connectivity index (χ1n) is 4.14. The number of rotatable bonds is 3. The Bertz CT molecular complexity index is 350. The molecule has 0 atom stereocenters. The first kappa shape index (κ1) is 10.8. The molecule has 0 aliphatic rings. The summed E-state index contributed by atoms with van der Waals surface area (Å²) in [7, 11) is 3.38. The molecule has 1 aromatic rings. The van der Waals surface area contributed by atoms with Crippen molar-refractivity contribution in [2.75, 3.05) is 20.6 Å². The predicted octanol–water partition coefficient (Wildman–Crippen LogP) is 1.71. The number of carbonyl (C=O) groups is 1. The van der Waals surface area contributed by atoms with Crippen molar-refractivity contribution in [3.05, 3.63) is 35.4 Å². The van der Waals surface area contributed by atoms with Crippen LogP contribution in [0.2, 0.25) is 0 Å². The summed E-state index contributed by atoms with van der Waals surface area (Å²) in [6.45, 7) is 0.0698. The van der Waals surface area contributed by atoms with Gasteiger partial charge in [0.15, 0.2) is 17.4 Å². The van der Waals surface area contributed by atoms with Crippen LogP contribution in [-0.4, -0.2) is 31.3 Å². The Labute approximate surface area is 81.1 Å². The predicted molar refractivity (Wildman–Crippen MR) is 49.2 cm³/mol. The number of hydrogen-bond acceptors (Lipinski definition) is 2.